The number of benzene rings is 1. The summed E-state index contributed by atoms with van der Waals surface area (Å²) in [6, 6.07) is 7.29. The first-order chi connectivity index (χ1) is 8.88. The van der Waals surface area contributed by atoms with Gasteiger partial charge in [0.1, 0.15) is 5.75 Å². The Hall–Kier alpha value is -1.62. The maximum Gasteiger partial charge on any atom is 0.314 e. The summed E-state index contributed by atoms with van der Waals surface area (Å²) in [5, 5.41) is 0. The summed E-state index contributed by atoms with van der Waals surface area (Å²) < 4.78 is 8.04. The minimum Gasteiger partial charge on any atom is -0.435 e. The number of aromatic nitrogens is 2. The van der Waals surface area contributed by atoms with Crippen molar-refractivity contribution in [3.8, 4) is 11.6 Å². The first kappa shape index (κ1) is 13.8. The molecular weight excluding hydrogens is 308 g/mol. The van der Waals surface area contributed by atoms with Gasteiger partial charge in [-0.15, -0.1) is 0 Å². The molecule has 0 spiro atoms. The molecule has 0 radical (unpaired) electrons. The van der Waals surface area contributed by atoms with Crippen LogP contribution in [0.1, 0.15) is 20.8 Å². The molecule has 0 unspecified atom stereocenters. The van der Waals surface area contributed by atoms with Gasteiger partial charge in [-0.3, -0.25) is 4.79 Å². The average Bonchev–Trinajstić information content (AvgIpc) is 2.30. The minimum atomic E-state index is -0.310. The van der Waals surface area contributed by atoms with Gasteiger partial charge in [0.05, 0.1) is 0 Å². The van der Waals surface area contributed by atoms with Crippen LogP contribution in [0.15, 0.2) is 45.9 Å². The van der Waals surface area contributed by atoms with E-state index >= 15 is 0 Å². The van der Waals surface area contributed by atoms with Gasteiger partial charge in [0.25, 0.3) is 5.88 Å². The van der Waals surface area contributed by atoms with E-state index < -0.39 is 0 Å². The highest BCUT2D eigenvalue weighted by Gasteiger charge is 2.17. The summed E-state index contributed by atoms with van der Waals surface area (Å²) in [7, 11) is 0. The lowest BCUT2D eigenvalue weighted by atomic mass is 10.1. The quantitative estimate of drug-likeness (QED) is 0.849. The van der Waals surface area contributed by atoms with Gasteiger partial charge in [-0.1, -0.05) is 22.0 Å². The summed E-state index contributed by atoms with van der Waals surface area (Å²) in [5.74, 6) is 0.654. The molecule has 4 nitrogen and oxygen atoms in total. The van der Waals surface area contributed by atoms with Crippen LogP contribution in [0.25, 0.3) is 0 Å². The van der Waals surface area contributed by atoms with Crippen LogP contribution in [0.5, 0.6) is 11.6 Å². The third-order valence-electron chi connectivity index (χ3n) is 2.54. The predicted molar refractivity (Wildman–Crippen MR) is 77.7 cm³/mol. The number of rotatable bonds is 2. The molecule has 0 bridgehead atoms. The SMILES string of the molecule is CC(C)(C)n1ccnc(Oc2cccc(Br)c2)c1=O. The summed E-state index contributed by atoms with van der Waals surface area (Å²) >= 11 is 3.36. The lowest BCUT2D eigenvalue weighted by molar-refractivity contribution is 0.363. The van der Waals surface area contributed by atoms with E-state index in [1.54, 1.807) is 29.1 Å². The molecule has 19 heavy (non-hydrogen) atoms. The molecule has 0 fully saturated rings. The van der Waals surface area contributed by atoms with Crippen molar-refractivity contribution in [3.05, 3.63) is 51.5 Å². The van der Waals surface area contributed by atoms with Crippen molar-refractivity contribution in [1.82, 2.24) is 9.55 Å². The zero-order valence-corrected chi connectivity index (χ0v) is 12.6. The molecule has 1 aromatic heterocycles. The van der Waals surface area contributed by atoms with E-state index in [0.717, 1.165) is 4.47 Å². The van der Waals surface area contributed by atoms with Gasteiger partial charge in [0.2, 0.25) is 0 Å². The number of halogens is 1. The maximum atomic E-state index is 12.3. The molecule has 0 aliphatic rings. The minimum absolute atomic E-state index is 0.0792. The summed E-state index contributed by atoms with van der Waals surface area (Å²) in [6.07, 6.45) is 3.23. The molecule has 0 aliphatic heterocycles. The predicted octanol–water partition coefficient (Wildman–Crippen LogP) is 3.55. The Morgan fingerprint density at radius 3 is 2.68 bits per heavy atom. The highest BCUT2D eigenvalue weighted by Crippen LogP contribution is 2.21. The van der Waals surface area contributed by atoms with Gasteiger partial charge in [-0.05, 0) is 39.0 Å². The van der Waals surface area contributed by atoms with E-state index in [1.165, 1.54) is 0 Å². The van der Waals surface area contributed by atoms with Crippen LogP contribution in [0.4, 0.5) is 0 Å². The van der Waals surface area contributed by atoms with Crippen LogP contribution in [0.3, 0.4) is 0 Å². The lowest BCUT2D eigenvalue weighted by Gasteiger charge is -2.22. The maximum absolute atomic E-state index is 12.3. The molecule has 0 amide bonds. The first-order valence-electron chi connectivity index (χ1n) is 5.89. The van der Waals surface area contributed by atoms with Gasteiger partial charge in [-0.2, -0.15) is 0 Å². The molecule has 2 aromatic rings. The first-order valence-corrected chi connectivity index (χ1v) is 6.69. The fourth-order valence-electron chi connectivity index (χ4n) is 1.63. The van der Waals surface area contributed by atoms with E-state index in [2.05, 4.69) is 20.9 Å². The van der Waals surface area contributed by atoms with Crippen LogP contribution in [0.2, 0.25) is 0 Å². The second-order valence-electron chi connectivity index (χ2n) is 5.14. The van der Waals surface area contributed by atoms with Crippen LogP contribution >= 0.6 is 15.9 Å². The monoisotopic (exact) mass is 322 g/mol. The molecule has 0 saturated carbocycles. The van der Waals surface area contributed by atoms with Crippen LogP contribution in [0, 0.1) is 0 Å². The fourth-order valence-corrected chi connectivity index (χ4v) is 2.01. The van der Waals surface area contributed by atoms with Crippen LogP contribution in [-0.4, -0.2) is 9.55 Å². The van der Waals surface area contributed by atoms with Crippen molar-refractivity contribution in [2.45, 2.75) is 26.3 Å². The van der Waals surface area contributed by atoms with Gasteiger partial charge in [-0.25, -0.2) is 4.98 Å². The number of hydrogen-bond donors (Lipinski definition) is 0. The third-order valence-corrected chi connectivity index (χ3v) is 3.04. The Bertz CT molecular complexity index is 644. The zero-order valence-electron chi connectivity index (χ0n) is 11.1. The third kappa shape index (κ3) is 3.23. The van der Waals surface area contributed by atoms with Gasteiger partial charge in [0, 0.05) is 22.4 Å². The van der Waals surface area contributed by atoms with E-state index in [9.17, 15) is 4.79 Å². The zero-order chi connectivity index (χ0) is 14.0. The molecule has 100 valence electrons. The number of nitrogens with zero attached hydrogens (tertiary/aromatic N) is 2. The van der Waals surface area contributed by atoms with Crippen LogP contribution < -0.4 is 10.3 Å². The van der Waals surface area contributed by atoms with Crippen molar-refractivity contribution < 1.29 is 4.74 Å². The molecule has 0 aliphatic carbocycles. The molecule has 0 atom stereocenters. The van der Waals surface area contributed by atoms with E-state index in [4.69, 9.17) is 4.74 Å². The fraction of sp³-hybridized carbons (Fsp3) is 0.286. The Labute approximate surface area is 120 Å². The second-order valence-corrected chi connectivity index (χ2v) is 6.05. The average molecular weight is 323 g/mol. The molecular formula is C14H15BrN2O2. The highest BCUT2D eigenvalue weighted by molar-refractivity contribution is 9.10. The number of hydrogen-bond acceptors (Lipinski definition) is 3. The van der Waals surface area contributed by atoms with Gasteiger partial charge in [0.15, 0.2) is 0 Å². The molecule has 0 N–H and O–H groups in total. The largest absolute Gasteiger partial charge is 0.435 e. The van der Waals surface area contributed by atoms with Crippen molar-refractivity contribution in [3.63, 3.8) is 0 Å². The molecule has 1 heterocycles. The van der Waals surface area contributed by atoms with Gasteiger partial charge < -0.3 is 9.30 Å². The highest BCUT2D eigenvalue weighted by atomic mass is 79.9. The Morgan fingerprint density at radius 2 is 2.05 bits per heavy atom. The standard InChI is InChI=1S/C14H15BrN2O2/c1-14(2,3)17-8-7-16-12(13(17)18)19-11-6-4-5-10(15)9-11/h4-9H,1-3H3. The summed E-state index contributed by atoms with van der Waals surface area (Å²) in [4.78, 5) is 16.3. The molecule has 2 rings (SSSR count). The molecule has 5 heteroatoms. The Morgan fingerprint density at radius 1 is 1.32 bits per heavy atom. The number of ether oxygens (including phenoxy) is 1. The molecule has 0 saturated heterocycles. The van der Waals surface area contributed by atoms with Crippen molar-refractivity contribution in [1.29, 1.82) is 0 Å². The van der Waals surface area contributed by atoms with Crippen molar-refractivity contribution in [2.24, 2.45) is 0 Å². The lowest BCUT2D eigenvalue weighted by Crippen LogP contribution is -2.34. The van der Waals surface area contributed by atoms with E-state index in [1.807, 2.05) is 32.9 Å². The van der Waals surface area contributed by atoms with Gasteiger partial charge >= 0.3 is 5.56 Å². The van der Waals surface area contributed by atoms with Crippen molar-refractivity contribution in [2.75, 3.05) is 0 Å². The normalized spacial score (nSPS) is 11.4. The van der Waals surface area contributed by atoms with Crippen molar-refractivity contribution >= 4 is 15.9 Å². The summed E-state index contributed by atoms with van der Waals surface area (Å²) in [5.41, 5.74) is -0.551. The Balaban J connectivity index is 2.40. The molecule has 1 aromatic carbocycles. The van der Waals surface area contributed by atoms with Crippen LogP contribution in [-0.2, 0) is 5.54 Å². The van der Waals surface area contributed by atoms with E-state index in [0.29, 0.717) is 5.75 Å². The second kappa shape index (κ2) is 5.17. The Kier molecular flexibility index (Phi) is 3.75. The summed E-state index contributed by atoms with van der Waals surface area (Å²) in [6.45, 7) is 5.87. The topological polar surface area (TPSA) is 44.1 Å². The van der Waals surface area contributed by atoms with E-state index in [-0.39, 0.29) is 17.0 Å². The smallest absolute Gasteiger partial charge is 0.314 e.